The summed E-state index contributed by atoms with van der Waals surface area (Å²) in [7, 11) is 0. The van der Waals surface area contributed by atoms with E-state index in [1.54, 1.807) is 0 Å². The van der Waals surface area contributed by atoms with Gasteiger partial charge in [-0.05, 0) is 76.6 Å². The van der Waals surface area contributed by atoms with Gasteiger partial charge in [-0.15, -0.1) is 0 Å². The summed E-state index contributed by atoms with van der Waals surface area (Å²) in [6.45, 7) is 18.3. The molecule has 15 nitrogen and oxygen atoms in total. The molecule has 0 radical (unpaired) electrons. The SMILES string of the molecule is C.C.C.C.C.C.C.C.C.C.CCOC(=S)SCCOCCOCC(COCCOCCSC(=S)OCC)OCCOCCOC(COCCOCCSC(=S)OCC)COCCOCCSC(=S)OCC. The van der Waals surface area contributed by atoms with Crippen LogP contribution in [0.15, 0.2) is 0 Å². The molecule has 0 aliphatic carbocycles. The average molecular weight is 1180 g/mol. The minimum absolute atomic E-state index is 0. The van der Waals surface area contributed by atoms with E-state index in [0.717, 1.165) is 23.0 Å². The predicted octanol–water partition coefficient (Wildman–Crippen LogP) is 12.5. The maximum Gasteiger partial charge on any atom is 0.220 e. The van der Waals surface area contributed by atoms with Crippen molar-refractivity contribution in [3.63, 3.8) is 0 Å². The van der Waals surface area contributed by atoms with E-state index in [-0.39, 0.29) is 86.5 Å². The molecule has 0 aromatic rings. The Morgan fingerprint density at radius 1 is 0.282 bits per heavy atom. The minimum atomic E-state index is -0.303. The molecule has 23 heteroatoms. The molecular formula is C48H110O15S8. The molecule has 0 unspecified atom stereocenters. The second kappa shape index (κ2) is 79.4. The molecule has 0 fully saturated rings. The summed E-state index contributed by atoms with van der Waals surface area (Å²) in [5.41, 5.74) is 0. The van der Waals surface area contributed by atoms with Crippen molar-refractivity contribution in [2.24, 2.45) is 0 Å². The van der Waals surface area contributed by atoms with Gasteiger partial charge in [-0.3, -0.25) is 0 Å². The van der Waals surface area contributed by atoms with Crippen LogP contribution in [0.1, 0.15) is 102 Å². The smallest absolute Gasteiger partial charge is 0.220 e. The molecule has 0 saturated carbocycles. The van der Waals surface area contributed by atoms with E-state index in [1.807, 2.05) is 27.7 Å². The number of thiocarbonyl (C=S) groups is 4. The molecule has 0 aliphatic rings. The van der Waals surface area contributed by atoms with Gasteiger partial charge in [0.1, 0.15) is 12.2 Å². The van der Waals surface area contributed by atoms with Gasteiger partial charge < -0.3 is 71.1 Å². The van der Waals surface area contributed by atoms with Gasteiger partial charge in [0.2, 0.25) is 17.5 Å². The molecule has 0 aliphatic heterocycles. The fraction of sp³-hybridized carbons (Fsp3) is 0.917. The van der Waals surface area contributed by atoms with E-state index in [2.05, 4.69) is 0 Å². The van der Waals surface area contributed by atoms with Crippen molar-refractivity contribution >= 4 is 113 Å². The quantitative estimate of drug-likeness (QED) is 0.0422. The van der Waals surface area contributed by atoms with Gasteiger partial charge in [0.25, 0.3) is 0 Å². The Bertz CT molecular complexity index is 891. The number of hydrogen-bond acceptors (Lipinski definition) is 23. The molecule has 0 N–H and O–H groups in total. The van der Waals surface area contributed by atoms with E-state index in [4.69, 9.17) is 120 Å². The van der Waals surface area contributed by atoms with Crippen LogP contribution in [0.2, 0.25) is 0 Å². The molecule has 0 rings (SSSR count). The molecule has 0 atom stereocenters. The zero-order chi connectivity index (χ0) is 44.7. The third-order valence-corrected chi connectivity index (χ3v) is 11.5. The number of ether oxygens (including phenoxy) is 15. The standard InChI is InChI=1S/C38H70O15S8.10CH4/c1-5-48-35(54)58-25-21-40-9-13-44-29-33(30-45-14-10-41-22-26-59-36(55)49-6-2)52-19-17-39-18-20-53-34(31-46-15-11-42-23-27-60-37(56)50-7-3)32-47-16-12-43-24-28-61-38(57)51-8-4;;;;;;;;;;/h33-34H,5-32H2,1-4H3;10*1H4. The van der Waals surface area contributed by atoms with Gasteiger partial charge in [0.05, 0.1) is 159 Å². The van der Waals surface area contributed by atoms with Crippen LogP contribution in [0, 0.1) is 0 Å². The van der Waals surface area contributed by atoms with Crippen LogP contribution >= 0.6 is 95.9 Å². The van der Waals surface area contributed by atoms with Crippen LogP contribution in [0.3, 0.4) is 0 Å². The molecule has 0 aromatic carbocycles. The molecule has 440 valence electrons. The molecule has 71 heavy (non-hydrogen) atoms. The molecule has 0 aromatic heterocycles. The minimum Gasteiger partial charge on any atom is -0.479 e. The van der Waals surface area contributed by atoms with Crippen LogP contribution in [0.5, 0.6) is 0 Å². The third-order valence-electron chi connectivity index (χ3n) is 6.70. The molecule has 0 bridgehead atoms. The van der Waals surface area contributed by atoms with E-state index >= 15 is 0 Å². The van der Waals surface area contributed by atoms with E-state index in [9.17, 15) is 0 Å². The Morgan fingerprint density at radius 2 is 0.465 bits per heavy atom. The van der Waals surface area contributed by atoms with Crippen molar-refractivity contribution in [1.29, 1.82) is 0 Å². The van der Waals surface area contributed by atoms with Crippen molar-refractivity contribution < 1.29 is 71.1 Å². The van der Waals surface area contributed by atoms with Crippen molar-refractivity contribution in [1.82, 2.24) is 0 Å². The Morgan fingerprint density at radius 3 is 0.676 bits per heavy atom. The topological polar surface area (TPSA) is 138 Å². The molecular weight excluding hydrogens is 1070 g/mol. The summed E-state index contributed by atoms with van der Waals surface area (Å²) in [4.78, 5) is 0. The van der Waals surface area contributed by atoms with Gasteiger partial charge in [-0.1, -0.05) is 121 Å². The van der Waals surface area contributed by atoms with Gasteiger partial charge in [0, 0.05) is 23.0 Å². The summed E-state index contributed by atoms with van der Waals surface area (Å²) in [5, 5.41) is 0. The monoisotopic (exact) mass is 1180 g/mol. The Balaban J connectivity index is -0.000000400. The highest BCUT2D eigenvalue weighted by atomic mass is 32.2. The predicted molar refractivity (Wildman–Crippen MR) is 331 cm³/mol. The Labute approximate surface area is 477 Å². The molecule has 0 heterocycles. The van der Waals surface area contributed by atoms with Gasteiger partial charge >= 0.3 is 0 Å². The highest BCUT2D eigenvalue weighted by molar-refractivity contribution is 8.23. The maximum atomic E-state index is 6.05. The zero-order valence-electron chi connectivity index (χ0n) is 36.3. The first-order chi connectivity index (χ1) is 29.9. The van der Waals surface area contributed by atoms with Crippen molar-refractivity contribution in [3.05, 3.63) is 0 Å². The maximum absolute atomic E-state index is 6.05. The first-order valence-corrected chi connectivity index (χ1v) is 26.0. The highest BCUT2D eigenvalue weighted by Gasteiger charge is 2.13. The first-order valence-electron chi connectivity index (χ1n) is 20.5. The van der Waals surface area contributed by atoms with Crippen molar-refractivity contribution in [2.75, 3.05) is 182 Å². The second-order valence-corrected chi connectivity index (χ2v) is 18.3. The van der Waals surface area contributed by atoms with Gasteiger partial charge in [-0.25, -0.2) is 0 Å². The lowest BCUT2D eigenvalue weighted by molar-refractivity contribution is -0.0958. The third kappa shape index (κ3) is 74.8. The number of rotatable bonds is 44. The van der Waals surface area contributed by atoms with E-state index < -0.39 is 0 Å². The zero-order valence-corrected chi connectivity index (χ0v) is 42.9. The van der Waals surface area contributed by atoms with E-state index in [1.165, 1.54) is 47.0 Å². The van der Waals surface area contributed by atoms with Gasteiger partial charge in [-0.2, -0.15) is 0 Å². The normalized spacial score (nSPS) is 9.77. The molecule has 0 spiro atoms. The summed E-state index contributed by atoms with van der Waals surface area (Å²) >= 11 is 26.3. The summed E-state index contributed by atoms with van der Waals surface area (Å²) in [6.07, 6.45) is -0.607. The highest BCUT2D eigenvalue weighted by Crippen LogP contribution is 2.08. The second-order valence-electron chi connectivity index (χ2n) is 11.5. The van der Waals surface area contributed by atoms with Gasteiger partial charge in [0.15, 0.2) is 0 Å². The summed E-state index contributed by atoms with van der Waals surface area (Å²) in [5.74, 6) is 2.87. The average Bonchev–Trinajstić information content (AvgIpc) is 3.23. The number of hydrogen-bond donors (Lipinski definition) is 0. The largest absolute Gasteiger partial charge is 0.479 e. The summed E-state index contributed by atoms with van der Waals surface area (Å²) in [6, 6.07) is 0. The van der Waals surface area contributed by atoms with Crippen LogP contribution in [0.4, 0.5) is 0 Å². The molecule has 0 saturated heterocycles. The van der Waals surface area contributed by atoms with Crippen LogP contribution in [-0.4, -0.2) is 211 Å². The Hall–Kier alpha value is 0.520. The Kier molecular flexibility index (Phi) is 109. The molecule has 0 amide bonds. The lowest BCUT2D eigenvalue weighted by Crippen LogP contribution is -2.30. The van der Waals surface area contributed by atoms with Crippen LogP contribution < -0.4 is 0 Å². The lowest BCUT2D eigenvalue weighted by atomic mass is 10.4. The van der Waals surface area contributed by atoms with Crippen LogP contribution in [0.25, 0.3) is 0 Å². The fourth-order valence-corrected chi connectivity index (χ4v) is 7.80. The summed E-state index contributed by atoms with van der Waals surface area (Å²) < 4.78 is 87.0. The fourth-order valence-electron chi connectivity index (χ4n) is 4.05. The van der Waals surface area contributed by atoms with Crippen molar-refractivity contribution in [2.45, 2.75) is 114 Å². The van der Waals surface area contributed by atoms with E-state index in [0.29, 0.717) is 176 Å². The van der Waals surface area contributed by atoms with Crippen LogP contribution in [-0.2, 0) is 71.1 Å². The lowest BCUT2D eigenvalue weighted by Gasteiger charge is -2.20. The number of thioether (sulfide) groups is 4. The van der Waals surface area contributed by atoms with Crippen molar-refractivity contribution in [3.8, 4) is 0 Å². The first kappa shape index (κ1) is 97.1.